The van der Waals surface area contributed by atoms with E-state index in [1.165, 1.54) is 47.7 Å². The molecule has 3 aromatic carbocycles. The Labute approximate surface area is 322 Å². The Balaban J connectivity index is 1.38. The fourth-order valence-corrected chi connectivity index (χ4v) is 6.69. The number of aliphatic carboxylic acids is 2. The van der Waals surface area contributed by atoms with Gasteiger partial charge in [0.1, 0.15) is 29.0 Å². The van der Waals surface area contributed by atoms with Gasteiger partial charge in [0, 0.05) is 37.9 Å². The van der Waals surface area contributed by atoms with Crippen LogP contribution in [0.2, 0.25) is 0 Å². The van der Waals surface area contributed by atoms with Gasteiger partial charge in [-0.1, -0.05) is 49.9 Å². The van der Waals surface area contributed by atoms with E-state index < -0.39 is 11.9 Å². The third kappa shape index (κ3) is 10.8. The molecule has 0 fully saturated rings. The lowest BCUT2D eigenvalue weighted by molar-refractivity contribution is -0.133. The van der Waals surface area contributed by atoms with Gasteiger partial charge in [-0.2, -0.15) is 10.5 Å². The second kappa shape index (κ2) is 19.1. The van der Waals surface area contributed by atoms with Crippen LogP contribution in [0.4, 0.5) is 17.1 Å². The van der Waals surface area contributed by atoms with Gasteiger partial charge in [0.15, 0.2) is 0 Å². The van der Waals surface area contributed by atoms with Gasteiger partial charge in [0.05, 0.1) is 16.4 Å². The number of anilines is 3. The zero-order valence-corrected chi connectivity index (χ0v) is 30.8. The summed E-state index contributed by atoms with van der Waals surface area (Å²) in [6.07, 6.45) is 7.21. The minimum atomic E-state index is -1.27. The quantitative estimate of drug-likeness (QED) is 0.0526. The predicted molar refractivity (Wildman–Crippen MR) is 214 cm³/mol. The number of nitriles is 2. The molecule has 8 nitrogen and oxygen atoms in total. The number of nitrogens with zero attached hydrogens (tertiary/aromatic N) is 3. The zero-order valence-electron chi connectivity index (χ0n) is 29.2. The summed E-state index contributed by atoms with van der Waals surface area (Å²) in [4.78, 5) is 27.2. The van der Waals surface area contributed by atoms with Crippen LogP contribution in [-0.2, 0) is 9.59 Å². The molecule has 0 saturated heterocycles. The molecule has 54 heavy (non-hydrogen) atoms. The van der Waals surface area contributed by atoms with Gasteiger partial charge in [0.25, 0.3) is 0 Å². The molecule has 0 atom stereocenters. The first-order valence-electron chi connectivity index (χ1n) is 16.9. The Kier molecular flexibility index (Phi) is 13.6. The molecule has 0 spiro atoms. The Bertz CT molecular complexity index is 2240. The highest BCUT2D eigenvalue weighted by Gasteiger charge is 2.13. The standard InChI is InChI=1S/C44H33N3O5S2/c1-2-3-4-5-26-52-38-18-16-37(17-19-38)47(35-12-6-31(7-13-35)10-20-39-22-24-41(53-39)27-33(29-45)43(48)49)36-14-8-32(9-15-36)11-21-40-23-25-42(54-40)28-34(30-46)44(50)51/h6-9,12-19,22-25,27-28H,2-5,26H2,1H3,(H,48,49)(H,50,51)/b33-27+,34-28+. The van der Waals surface area contributed by atoms with Crippen LogP contribution in [0, 0.1) is 46.3 Å². The summed E-state index contributed by atoms with van der Waals surface area (Å²) in [5.74, 6) is 10.9. The van der Waals surface area contributed by atoms with Crippen LogP contribution < -0.4 is 9.64 Å². The van der Waals surface area contributed by atoms with Crippen LogP contribution in [-0.4, -0.2) is 28.8 Å². The molecule has 10 heteroatoms. The number of thiophene rings is 2. The molecule has 0 amide bonds. The van der Waals surface area contributed by atoms with Crippen molar-refractivity contribution in [2.24, 2.45) is 0 Å². The number of carboxylic acids is 2. The van der Waals surface area contributed by atoms with Crippen LogP contribution in [0.15, 0.2) is 108 Å². The Hall–Kier alpha value is -6.82. The lowest BCUT2D eigenvalue weighted by atomic mass is 10.1. The van der Waals surface area contributed by atoms with Crippen LogP contribution in [0.1, 0.15) is 63.2 Å². The summed E-state index contributed by atoms with van der Waals surface area (Å²) in [5, 5.41) is 36.4. The van der Waals surface area contributed by atoms with E-state index in [9.17, 15) is 9.59 Å². The molecular weight excluding hydrogens is 715 g/mol. The molecule has 2 heterocycles. The molecule has 0 aliphatic heterocycles. The molecule has 2 N–H and O–H groups in total. The third-order valence-electron chi connectivity index (χ3n) is 7.80. The summed E-state index contributed by atoms with van der Waals surface area (Å²) in [6.45, 7) is 2.86. The van der Waals surface area contributed by atoms with Crippen molar-refractivity contribution in [3.63, 3.8) is 0 Å². The number of unbranched alkanes of at least 4 members (excludes halogenated alkanes) is 3. The molecule has 266 valence electrons. The smallest absolute Gasteiger partial charge is 0.346 e. The summed E-state index contributed by atoms with van der Waals surface area (Å²) in [6, 6.07) is 34.2. The normalized spacial score (nSPS) is 10.9. The van der Waals surface area contributed by atoms with Gasteiger partial charge in [0.2, 0.25) is 0 Å². The molecule has 0 unspecified atom stereocenters. The number of rotatable bonds is 13. The molecule has 0 saturated carbocycles. The highest BCUT2D eigenvalue weighted by atomic mass is 32.1. The van der Waals surface area contributed by atoms with Crippen molar-refractivity contribution < 1.29 is 24.5 Å². The van der Waals surface area contributed by atoms with E-state index in [1.54, 1.807) is 36.4 Å². The van der Waals surface area contributed by atoms with E-state index in [2.05, 4.69) is 35.5 Å². The van der Waals surface area contributed by atoms with Gasteiger partial charge < -0.3 is 19.8 Å². The average Bonchev–Trinajstić information content (AvgIpc) is 3.84. The minimum absolute atomic E-state index is 0.332. The van der Waals surface area contributed by atoms with Gasteiger partial charge in [-0.3, -0.25) is 0 Å². The molecule has 2 aromatic heterocycles. The van der Waals surface area contributed by atoms with Gasteiger partial charge >= 0.3 is 11.9 Å². The van der Waals surface area contributed by atoms with E-state index in [0.29, 0.717) is 16.4 Å². The zero-order chi connectivity index (χ0) is 38.3. The van der Waals surface area contributed by atoms with E-state index in [-0.39, 0.29) is 11.1 Å². The number of hydrogen-bond donors (Lipinski definition) is 2. The third-order valence-corrected chi connectivity index (χ3v) is 9.70. The Morgan fingerprint density at radius 2 is 1.07 bits per heavy atom. The maximum atomic E-state index is 11.2. The van der Waals surface area contributed by atoms with Crippen molar-refractivity contribution in [1.29, 1.82) is 10.5 Å². The van der Waals surface area contributed by atoms with Crippen LogP contribution >= 0.6 is 22.7 Å². The first-order chi connectivity index (χ1) is 26.3. The number of benzene rings is 3. The molecule has 0 radical (unpaired) electrons. The van der Waals surface area contributed by atoms with E-state index in [0.717, 1.165) is 56.5 Å². The second-order valence-electron chi connectivity index (χ2n) is 11.7. The molecule has 0 bridgehead atoms. The number of carbonyl (C=O) groups is 2. The topological polar surface area (TPSA) is 135 Å². The maximum Gasteiger partial charge on any atom is 0.346 e. The van der Waals surface area contributed by atoms with Gasteiger partial charge in [-0.15, -0.1) is 22.7 Å². The van der Waals surface area contributed by atoms with E-state index in [4.69, 9.17) is 25.5 Å². The Morgan fingerprint density at radius 3 is 1.48 bits per heavy atom. The number of hydrogen-bond acceptors (Lipinski definition) is 8. The summed E-state index contributed by atoms with van der Waals surface area (Å²) < 4.78 is 6.00. The van der Waals surface area contributed by atoms with Crippen molar-refractivity contribution in [3.8, 4) is 41.6 Å². The lowest BCUT2D eigenvalue weighted by Crippen LogP contribution is -2.10. The van der Waals surface area contributed by atoms with Gasteiger partial charge in [-0.05, 0) is 116 Å². The van der Waals surface area contributed by atoms with Crippen molar-refractivity contribution in [2.75, 3.05) is 11.5 Å². The lowest BCUT2D eigenvalue weighted by Gasteiger charge is -2.25. The SMILES string of the molecule is CCCCCCOc1ccc(N(c2ccc(C#Cc3ccc(/C=C(\C#N)C(=O)O)s3)cc2)c2ccc(C#Cc3ccc(/C=C(\C#N)C(=O)O)s3)cc2)cc1. The number of ether oxygens (including phenoxy) is 1. The summed E-state index contributed by atoms with van der Waals surface area (Å²) in [7, 11) is 0. The summed E-state index contributed by atoms with van der Waals surface area (Å²) >= 11 is 2.62. The largest absolute Gasteiger partial charge is 0.494 e. The highest BCUT2D eigenvalue weighted by Crippen LogP contribution is 2.35. The van der Waals surface area contributed by atoms with Crippen molar-refractivity contribution in [1.82, 2.24) is 0 Å². The number of carboxylic acid groups (broad SMARTS) is 2. The van der Waals surface area contributed by atoms with Crippen LogP contribution in [0.5, 0.6) is 5.75 Å². The average molecular weight is 748 g/mol. The molecule has 0 aliphatic carbocycles. The second-order valence-corrected chi connectivity index (χ2v) is 13.9. The van der Waals surface area contributed by atoms with Gasteiger partial charge in [-0.25, -0.2) is 9.59 Å². The Morgan fingerprint density at radius 1 is 0.630 bits per heavy atom. The molecule has 5 rings (SSSR count). The maximum absolute atomic E-state index is 11.2. The fraction of sp³-hybridized carbons (Fsp3) is 0.136. The minimum Gasteiger partial charge on any atom is -0.494 e. The highest BCUT2D eigenvalue weighted by molar-refractivity contribution is 7.13. The fourth-order valence-electron chi connectivity index (χ4n) is 5.08. The first kappa shape index (κ1) is 38.4. The molecule has 5 aromatic rings. The van der Waals surface area contributed by atoms with Crippen LogP contribution in [0.25, 0.3) is 12.2 Å². The summed E-state index contributed by atoms with van der Waals surface area (Å²) in [5.41, 5.74) is 3.67. The molecular formula is C44H33N3O5S2. The molecule has 0 aliphatic rings. The van der Waals surface area contributed by atoms with Crippen molar-refractivity contribution in [3.05, 3.63) is 139 Å². The van der Waals surface area contributed by atoms with E-state index in [1.807, 2.05) is 72.8 Å². The first-order valence-corrected chi connectivity index (χ1v) is 18.6. The monoisotopic (exact) mass is 747 g/mol. The van der Waals surface area contributed by atoms with Crippen molar-refractivity contribution >= 4 is 63.8 Å². The van der Waals surface area contributed by atoms with Crippen LogP contribution in [0.3, 0.4) is 0 Å². The van der Waals surface area contributed by atoms with Crippen molar-refractivity contribution in [2.45, 2.75) is 32.6 Å². The van der Waals surface area contributed by atoms with E-state index >= 15 is 0 Å². The predicted octanol–water partition coefficient (Wildman–Crippen LogP) is 10.0.